The Morgan fingerprint density at radius 3 is 1.96 bits per heavy atom. The number of nitrogens with one attached hydrogen (secondary N) is 1. The maximum absolute atomic E-state index is 12.5. The van der Waals surface area contributed by atoms with Gasteiger partial charge in [0.15, 0.2) is 0 Å². The van der Waals surface area contributed by atoms with Gasteiger partial charge in [0.2, 0.25) is 0 Å². The third-order valence-corrected chi connectivity index (χ3v) is 6.67. The minimum atomic E-state index is -0.298. The van der Waals surface area contributed by atoms with Gasteiger partial charge in [-0.2, -0.15) is 11.8 Å². The first-order valence-electron chi connectivity index (χ1n) is 10.8. The molecule has 0 aromatic rings. The van der Waals surface area contributed by atoms with Crippen LogP contribution in [0.5, 0.6) is 0 Å². The van der Waals surface area contributed by atoms with Crippen LogP contribution in [0, 0.1) is 5.21 Å². The van der Waals surface area contributed by atoms with Crippen LogP contribution in [0.25, 0.3) is 0 Å². The number of thioether (sulfide) groups is 1. The standard InChI is InChI=1S/C25H43NOS/c1-20(2)12-9-13-21(3)14-10-15-22(4)16-11-17-28-19-23-18-24(5,6)26(27)25(23,7)8/h12,14,16,18,26H,9-11,13,15,17,19H2,1-8H3/b21-14+,22-16+. The lowest BCUT2D eigenvalue weighted by molar-refractivity contribution is -0.927. The van der Waals surface area contributed by atoms with Crippen LogP contribution >= 0.6 is 11.8 Å². The molecule has 1 aliphatic rings. The van der Waals surface area contributed by atoms with Crippen LogP contribution < -0.4 is 5.06 Å². The van der Waals surface area contributed by atoms with E-state index in [9.17, 15) is 5.21 Å². The molecule has 0 spiro atoms. The zero-order valence-electron chi connectivity index (χ0n) is 19.6. The molecule has 0 bridgehead atoms. The Kier molecular flexibility index (Phi) is 10.3. The van der Waals surface area contributed by atoms with Gasteiger partial charge in [0.25, 0.3) is 0 Å². The normalized spacial score (nSPS) is 21.6. The fourth-order valence-electron chi connectivity index (χ4n) is 3.76. The predicted molar refractivity (Wildman–Crippen MR) is 128 cm³/mol. The van der Waals surface area contributed by atoms with Crippen molar-refractivity contribution < 1.29 is 5.06 Å². The Morgan fingerprint density at radius 2 is 1.46 bits per heavy atom. The van der Waals surface area contributed by atoms with Crippen LogP contribution in [0.3, 0.4) is 0 Å². The van der Waals surface area contributed by atoms with E-state index in [0.717, 1.165) is 37.2 Å². The molecule has 0 saturated carbocycles. The Morgan fingerprint density at radius 1 is 0.929 bits per heavy atom. The van der Waals surface area contributed by atoms with Crippen molar-refractivity contribution in [3.8, 4) is 0 Å². The molecule has 1 heterocycles. The molecule has 3 heteroatoms. The average Bonchev–Trinajstić information content (AvgIpc) is 2.73. The maximum atomic E-state index is 12.5. The molecule has 1 unspecified atom stereocenters. The second-order valence-electron chi connectivity index (χ2n) is 9.65. The van der Waals surface area contributed by atoms with Crippen molar-refractivity contribution in [3.05, 3.63) is 51.8 Å². The minimum absolute atomic E-state index is 0.294. The summed E-state index contributed by atoms with van der Waals surface area (Å²) in [4.78, 5) is 0. The number of rotatable bonds is 11. The van der Waals surface area contributed by atoms with Crippen LogP contribution in [0.1, 0.15) is 87.5 Å². The van der Waals surface area contributed by atoms with E-state index < -0.39 is 0 Å². The van der Waals surface area contributed by atoms with Crippen LogP contribution in [0.2, 0.25) is 0 Å². The molecule has 1 atom stereocenters. The van der Waals surface area contributed by atoms with E-state index in [0.29, 0.717) is 5.06 Å². The van der Waals surface area contributed by atoms with Gasteiger partial charge in [0, 0.05) is 11.3 Å². The molecular weight excluding hydrogens is 362 g/mol. The van der Waals surface area contributed by atoms with E-state index >= 15 is 0 Å². The Bertz CT molecular complexity index is 618. The molecular formula is C25H43NOS. The van der Waals surface area contributed by atoms with Crippen molar-refractivity contribution in [2.24, 2.45) is 0 Å². The number of hydrogen-bond acceptors (Lipinski definition) is 2. The number of hydrogen-bond donors (Lipinski definition) is 1. The monoisotopic (exact) mass is 405 g/mol. The van der Waals surface area contributed by atoms with Gasteiger partial charge in [-0.05, 0) is 99.3 Å². The van der Waals surface area contributed by atoms with Crippen molar-refractivity contribution >= 4 is 11.8 Å². The summed E-state index contributed by atoms with van der Waals surface area (Å²) in [6.45, 7) is 17.1. The first kappa shape index (κ1) is 25.3. The SMILES string of the molecule is CC(C)=CCC/C(C)=C/CC/C(C)=C/CCSCC1=CC(C)(C)[NH+]([O-])C1(C)C. The minimum Gasteiger partial charge on any atom is -0.633 e. The van der Waals surface area contributed by atoms with Gasteiger partial charge in [0.05, 0.1) is 0 Å². The third kappa shape index (κ3) is 8.31. The van der Waals surface area contributed by atoms with E-state index in [-0.39, 0.29) is 11.1 Å². The highest BCUT2D eigenvalue weighted by atomic mass is 32.2. The van der Waals surface area contributed by atoms with E-state index in [2.05, 4.69) is 65.8 Å². The first-order valence-corrected chi connectivity index (χ1v) is 11.9. The largest absolute Gasteiger partial charge is 0.633 e. The topological polar surface area (TPSA) is 27.5 Å². The lowest BCUT2D eigenvalue weighted by Gasteiger charge is -2.41. The summed E-state index contributed by atoms with van der Waals surface area (Å²) in [5.41, 5.74) is 5.12. The summed E-state index contributed by atoms with van der Waals surface area (Å²) in [6, 6.07) is 0. The van der Waals surface area contributed by atoms with Crippen LogP contribution in [-0.2, 0) is 0 Å². The van der Waals surface area contributed by atoms with E-state index in [1.165, 1.54) is 28.7 Å². The van der Waals surface area contributed by atoms with Crippen molar-refractivity contribution in [3.63, 3.8) is 0 Å². The summed E-state index contributed by atoms with van der Waals surface area (Å²) >= 11 is 1.96. The van der Waals surface area contributed by atoms with Gasteiger partial charge >= 0.3 is 0 Å². The van der Waals surface area contributed by atoms with Gasteiger partial charge < -0.3 is 10.3 Å². The maximum Gasteiger partial charge on any atom is 0.115 e. The fraction of sp³-hybridized carbons (Fsp3) is 0.680. The summed E-state index contributed by atoms with van der Waals surface area (Å²) < 4.78 is 0. The first-order chi connectivity index (χ1) is 13.0. The second-order valence-corrected chi connectivity index (χ2v) is 10.8. The van der Waals surface area contributed by atoms with Gasteiger partial charge in [0.1, 0.15) is 11.1 Å². The molecule has 0 radical (unpaired) electrons. The van der Waals surface area contributed by atoms with Gasteiger partial charge in [-0.3, -0.25) is 0 Å². The molecule has 0 amide bonds. The van der Waals surface area contributed by atoms with E-state index in [4.69, 9.17) is 0 Å². The molecule has 1 aliphatic heterocycles. The summed E-state index contributed by atoms with van der Waals surface area (Å²) in [5.74, 6) is 2.10. The molecule has 1 N–H and O–H groups in total. The average molecular weight is 406 g/mol. The van der Waals surface area contributed by atoms with Gasteiger partial charge in [-0.1, -0.05) is 34.9 Å². The lowest BCUT2D eigenvalue weighted by atomic mass is 9.98. The highest BCUT2D eigenvalue weighted by Crippen LogP contribution is 2.27. The van der Waals surface area contributed by atoms with Crippen LogP contribution in [0.4, 0.5) is 0 Å². The summed E-state index contributed by atoms with van der Waals surface area (Å²) in [5, 5.41) is 12.9. The summed E-state index contributed by atoms with van der Waals surface area (Å²) in [6.07, 6.45) is 15.1. The van der Waals surface area contributed by atoms with Crippen molar-refractivity contribution in [2.45, 2.75) is 98.6 Å². The molecule has 0 aliphatic carbocycles. The van der Waals surface area contributed by atoms with Crippen LogP contribution in [0.15, 0.2) is 46.6 Å². The molecule has 2 nitrogen and oxygen atoms in total. The zero-order valence-corrected chi connectivity index (χ0v) is 20.4. The second kappa shape index (κ2) is 11.4. The Labute approximate surface area is 178 Å². The quantitative estimate of drug-likeness (QED) is 0.244. The third-order valence-electron chi connectivity index (χ3n) is 5.63. The molecule has 0 fully saturated rings. The molecule has 0 aromatic heterocycles. The molecule has 0 saturated heterocycles. The number of quaternary nitrogens is 1. The van der Waals surface area contributed by atoms with Crippen molar-refractivity contribution in [1.29, 1.82) is 0 Å². The highest BCUT2D eigenvalue weighted by molar-refractivity contribution is 7.99. The smallest absolute Gasteiger partial charge is 0.115 e. The highest BCUT2D eigenvalue weighted by Gasteiger charge is 2.44. The predicted octanol–water partition coefficient (Wildman–Crippen LogP) is 6.41. The molecule has 0 aromatic carbocycles. The Balaban J connectivity index is 2.28. The van der Waals surface area contributed by atoms with E-state index in [1.54, 1.807) is 0 Å². The van der Waals surface area contributed by atoms with Gasteiger partial charge in [-0.15, -0.1) is 0 Å². The molecule has 1 rings (SSSR count). The van der Waals surface area contributed by atoms with Crippen molar-refractivity contribution in [2.75, 3.05) is 11.5 Å². The molecule has 160 valence electrons. The lowest BCUT2D eigenvalue weighted by Crippen LogP contribution is -3.20. The van der Waals surface area contributed by atoms with E-state index in [1.807, 2.05) is 25.6 Å². The van der Waals surface area contributed by atoms with Crippen molar-refractivity contribution in [1.82, 2.24) is 0 Å². The summed E-state index contributed by atoms with van der Waals surface area (Å²) in [7, 11) is 0. The molecule has 28 heavy (non-hydrogen) atoms. The van der Waals surface area contributed by atoms with Gasteiger partial charge in [-0.25, -0.2) is 0 Å². The zero-order chi connectivity index (χ0) is 21.4. The Hall–Kier alpha value is -0.770. The number of hydroxylamine groups is 2. The van der Waals surface area contributed by atoms with Crippen LogP contribution in [-0.4, -0.2) is 22.6 Å². The fourth-order valence-corrected chi connectivity index (χ4v) is 4.86. The number of allylic oxidation sites excluding steroid dienone is 6.